The predicted molar refractivity (Wildman–Crippen MR) is 212 cm³/mol. The van der Waals surface area contributed by atoms with Crippen molar-refractivity contribution >= 4 is 25.7 Å². The van der Waals surface area contributed by atoms with Crippen molar-refractivity contribution in [3.63, 3.8) is 0 Å². The molecule has 0 aliphatic carbocycles. The Balaban J connectivity index is 4.48. The molecule has 0 aromatic rings. The Bertz CT molecular complexity index is 1130. The van der Waals surface area contributed by atoms with Crippen molar-refractivity contribution in [2.24, 2.45) is 5.73 Å². The second-order valence-electron chi connectivity index (χ2n) is 13.0. The number of hydrogen-bond acceptors (Lipinski definition) is 9. The average Bonchev–Trinajstić information content (AvgIpc) is 3.13. The first-order valence-corrected chi connectivity index (χ1v) is 21.3. The van der Waals surface area contributed by atoms with Gasteiger partial charge >= 0.3 is 25.7 Å². The summed E-state index contributed by atoms with van der Waals surface area (Å²) in [6, 6.07) is -1.53. The van der Waals surface area contributed by atoms with E-state index in [9.17, 15) is 23.8 Å². The third-order valence-electron chi connectivity index (χ3n) is 8.00. The summed E-state index contributed by atoms with van der Waals surface area (Å²) in [5.41, 5.74) is 5.32. The molecule has 12 heteroatoms. The summed E-state index contributed by atoms with van der Waals surface area (Å²) in [5, 5.41) is 8.87. The largest absolute Gasteiger partial charge is 0.480 e. The predicted octanol–water partition coefficient (Wildman–Crippen LogP) is 10.00. The third-order valence-corrected chi connectivity index (χ3v) is 8.95. The molecule has 0 rings (SSSR count). The molecule has 11 nitrogen and oxygen atoms in total. The highest BCUT2D eigenvalue weighted by Crippen LogP contribution is 2.43. The fourth-order valence-corrected chi connectivity index (χ4v) is 5.64. The fraction of sp³-hybridized carbons (Fsp3) is 0.683. The Kier molecular flexibility index (Phi) is 34.2. The zero-order valence-electron chi connectivity index (χ0n) is 32.6. The topological polar surface area (TPSA) is 172 Å². The molecule has 0 radical (unpaired) electrons. The quantitative estimate of drug-likeness (QED) is 0.0240. The van der Waals surface area contributed by atoms with Crippen LogP contribution in [-0.4, -0.2) is 59.9 Å². The fourth-order valence-electron chi connectivity index (χ4n) is 4.86. The smallest absolute Gasteiger partial charge is 0.472 e. The number of rotatable bonds is 36. The number of phosphoric acid groups is 1. The van der Waals surface area contributed by atoms with E-state index in [0.29, 0.717) is 12.8 Å². The standard InChI is InChI=1S/C41H70NO10P/c1-3-5-7-9-11-13-15-17-19-21-23-25-27-29-31-33-40(44)52-37(35-50-53(47,48)51-36-38(42)41(45)46)34-49-39(43)32-30-28-26-24-22-20-18-16-14-12-10-8-6-4-2/h5,7,10-13,16-19,37-38H,3-4,6,8-9,14-15,20-36,42H2,1-2H3,(H,45,46)(H,47,48)/b7-5-,12-10-,13-11-,18-16-,19-17-/t37-,38+/m1/s1. The van der Waals surface area contributed by atoms with Gasteiger partial charge in [-0.1, -0.05) is 126 Å². The number of phosphoric ester groups is 1. The van der Waals surface area contributed by atoms with Gasteiger partial charge in [0.25, 0.3) is 0 Å². The van der Waals surface area contributed by atoms with Gasteiger partial charge in [0, 0.05) is 12.8 Å². The van der Waals surface area contributed by atoms with E-state index >= 15 is 0 Å². The van der Waals surface area contributed by atoms with Gasteiger partial charge in [0.1, 0.15) is 12.6 Å². The normalized spacial score (nSPS) is 14.5. The van der Waals surface area contributed by atoms with E-state index in [1.807, 2.05) is 0 Å². The number of carboxylic acid groups (broad SMARTS) is 1. The van der Waals surface area contributed by atoms with E-state index in [1.165, 1.54) is 12.8 Å². The maximum atomic E-state index is 12.6. The first-order chi connectivity index (χ1) is 25.6. The SMILES string of the molecule is CC/C=C\C/C=C\C/C=C\CCCCCCCC(=O)O[C@H](COC(=O)CCCCCCC/C=C\C/C=C\CCCC)COP(=O)(O)OC[C@H](N)C(=O)O. The van der Waals surface area contributed by atoms with Crippen molar-refractivity contribution in [2.45, 2.75) is 161 Å². The van der Waals surface area contributed by atoms with Crippen LogP contribution in [0.15, 0.2) is 60.8 Å². The van der Waals surface area contributed by atoms with E-state index < -0.39 is 51.1 Å². The second kappa shape index (κ2) is 36.2. The van der Waals surface area contributed by atoms with Crippen molar-refractivity contribution in [3.05, 3.63) is 60.8 Å². The Hall–Kier alpha value is -2.82. The van der Waals surface area contributed by atoms with Crippen molar-refractivity contribution < 1.29 is 47.5 Å². The molecular formula is C41H70NO10P. The van der Waals surface area contributed by atoms with Crippen molar-refractivity contribution in [3.8, 4) is 0 Å². The van der Waals surface area contributed by atoms with E-state index in [4.69, 9.17) is 24.8 Å². The minimum absolute atomic E-state index is 0.136. The Morgan fingerprint density at radius 1 is 0.604 bits per heavy atom. The van der Waals surface area contributed by atoms with E-state index in [2.05, 4.69) is 79.1 Å². The summed E-state index contributed by atoms with van der Waals surface area (Å²) in [4.78, 5) is 45.8. The van der Waals surface area contributed by atoms with E-state index in [1.54, 1.807) is 0 Å². The number of esters is 2. The minimum Gasteiger partial charge on any atom is -0.480 e. The molecule has 0 spiro atoms. The molecule has 0 aromatic heterocycles. The van der Waals surface area contributed by atoms with Crippen molar-refractivity contribution in [1.29, 1.82) is 0 Å². The highest BCUT2D eigenvalue weighted by molar-refractivity contribution is 7.47. The van der Waals surface area contributed by atoms with Gasteiger partial charge in [-0.3, -0.25) is 23.4 Å². The van der Waals surface area contributed by atoms with Crippen LogP contribution >= 0.6 is 7.82 Å². The monoisotopic (exact) mass is 767 g/mol. The highest BCUT2D eigenvalue weighted by Gasteiger charge is 2.28. The molecule has 0 heterocycles. The molecule has 304 valence electrons. The molecule has 0 bridgehead atoms. The number of carbonyl (C=O) groups excluding carboxylic acids is 2. The number of allylic oxidation sites excluding steroid dienone is 10. The van der Waals surface area contributed by atoms with Gasteiger partial charge in [0.2, 0.25) is 0 Å². The third kappa shape index (κ3) is 36.0. The van der Waals surface area contributed by atoms with Gasteiger partial charge in [-0.15, -0.1) is 0 Å². The lowest BCUT2D eigenvalue weighted by Crippen LogP contribution is -2.34. The number of ether oxygens (including phenoxy) is 2. The maximum Gasteiger partial charge on any atom is 0.472 e. The van der Waals surface area contributed by atoms with Crippen LogP contribution < -0.4 is 5.73 Å². The van der Waals surface area contributed by atoms with Gasteiger partial charge in [-0.25, -0.2) is 4.57 Å². The molecule has 53 heavy (non-hydrogen) atoms. The van der Waals surface area contributed by atoms with Crippen molar-refractivity contribution in [1.82, 2.24) is 0 Å². The van der Waals surface area contributed by atoms with Crippen LogP contribution in [0, 0.1) is 0 Å². The molecule has 0 saturated heterocycles. The molecular weight excluding hydrogens is 697 g/mol. The summed E-state index contributed by atoms with van der Waals surface area (Å²) in [5.74, 6) is -2.43. The van der Waals surface area contributed by atoms with Crippen molar-refractivity contribution in [2.75, 3.05) is 19.8 Å². The van der Waals surface area contributed by atoms with Crippen LogP contribution in [0.2, 0.25) is 0 Å². The lowest BCUT2D eigenvalue weighted by Gasteiger charge is -2.20. The molecule has 0 aliphatic rings. The van der Waals surface area contributed by atoms with E-state index in [-0.39, 0.29) is 19.4 Å². The van der Waals surface area contributed by atoms with Gasteiger partial charge in [-0.05, 0) is 70.6 Å². The lowest BCUT2D eigenvalue weighted by atomic mass is 10.1. The minimum atomic E-state index is -4.72. The molecule has 1 unspecified atom stereocenters. The van der Waals surface area contributed by atoms with Crippen LogP contribution in [0.5, 0.6) is 0 Å². The van der Waals surface area contributed by atoms with Crippen LogP contribution in [0.4, 0.5) is 0 Å². The second-order valence-corrected chi connectivity index (χ2v) is 14.5. The summed E-state index contributed by atoms with van der Waals surface area (Å²) in [6.45, 7) is 2.59. The average molecular weight is 768 g/mol. The molecule has 0 fully saturated rings. The Labute approximate surface area is 319 Å². The molecule has 3 atom stereocenters. The summed E-state index contributed by atoms with van der Waals surface area (Å²) in [7, 11) is -4.72. The number of nitrogens with two attached hydrogens (primary N) is 1. The zero-order valence-corrected chi connectivity index (χ0v) is 33.5. The van der Waals surface area contributed by atoms with Gasteiger partial charge in [0.15, 0.2) is 6.10 Å². The first-order valence-electron chi connectivity index (χ1n) is 19.8. The number of carbonyl (C=O) groups is 3. The molecule has 0 amide bonds. The summed E-state index contributed by atoms with van der Waals surface area (Å²) < 4.78 is 32.6. The van der Waals surface area contributed by atoms with Crippen LogP contribution in [0.3, 0.4) is 0 Å². The number of hydrogen-bond donors (Lipinski definition) is 3. The molecule has 0 saturated carbocycles. The zero-order chi connectivity index (χ0) is 39.3. The lowest BCUT2D eigenvalue weighted by molar-refractivity contribution is -0.161. The molecule has 0 aliphatic heterocycles. The van der Waals surface area contributed by atoms with Crippen LogP contribution in [-0.2, 0) is 37.5 Å². The molecule has 4 N–H and O–H groups in total. The number of aliphatic carboxylic acids is 1. The summed E-state index contributed by atoms with van der Waals surface area (Å²) >= 11 is 0. The number of carboxylic acids is 1. The molecule has 0 aromatic carbocycles. The van der Waals surface area contributed by atoms with Gasteiger partial charge in [0.05, 0.1) is 13.2 Å². The van der Waals surface area contributed by atoms with Gasteiger partial charge in [-0.2, -0.15) is 0 Å². The summed E-state index contributed by atoms with van der Waals surface area (Å²) in [6.07, 6.45) is 40.0. The highest BCUT2D eigenvalue weighted by atomic mass is 31.2. The van der Waals surface area contributed by atoms with Gasteiger partial charge < -0.3 is 25.2 Å². The first kappa shape index (κ1) is 50.2. The van der Waals surface area contributed by atoms with Crippen LogP contribution in [0.25, 0.3) is 0 Å². The number of unbranched alkanes of at least 4 members (excludes halogenated alkanes) is 12. The maximum absolute atomic E-state index is 12.6. The van der Waals surface area contributed by atoms with Crippen LogP contribution in [0.1, 0.15) is 149 Å². The Morgan fingerprint density at radius 3 is 1.58 bits per heavy atom. The van der Waals surface area contributed by atoms with E-state index in [0.717, 1.165) is 96.3 Å². The Morgan fingerprint density at radius 2 is 1.06 bits per heavy atom.